The number of pyridine rings is 1. The first-order chi connectivity index (χ1) is 17.2. The lowest BCUT2D eigenvalue weighted by Gasteiger charge is -2.31. The molecule has 1 aliphatic heterocycles. The van der Waals surface area contributed by atoms with E-state index in [1.165, 1.54) is 13.2 Å². The Kier molecular flexibility index (Phi) is 5.88. The molecule has 0 bridgehead atoms. The zero-order valence-corrected chi connectivity index (χ0v) is 20.2. The number of nitrogens with one attached hydrogen (secondary N) is 1. The van der Waals surface area contributed by atoms with Crippen molar-refractivity contribution in [1.82, 2.24) is 19.7 Å². The molecule has 9 nitrogen and oxygen atoms in total. The number of hydrogen-bond donors (Lipinski definition) is 2. The van der Waals surface area contributed by atoms with Crippen molar-refractivity contribution in [3.05, 3.63) is 47.5 Å². The van der Waals surface area contributed by atoms with Crippen LogP contribution in [0.2, 0.25) is 0 Å². The summed E-state index contributed by atoms with van der Waals surface area (Å²) in [5, 5.41) is 26.9. The van der Waals surface area contributed by atoms with Gasteiger partial charge in [-0.1, -0.05) is 13.8 Å². The van der Waals surface area contributed by atoms with Crippen LogP contribution < -0.4 is 4.74 Å². The normalized spacial score (nSPS) is 18.4. The number of methoxy groups -OCH3 is 1. The molecule has 1 aromatic carbocycles. The van der Waals surface area contributed by atoms with Gasteiger partial charge in [0.05, 0.1) is 37.0 Å². The van der Waals surface area contributed by atoms with E-state index in [-0.39, 0.29) is 24.7 Å². The van der Waals surface area contributed by atoms with Crippen molar-refractivity contribution in [2.45, 2.75) is 50.5 Å². The third-order valence-corrected chi connectivity index (χ3v) is 6.90. The lowest BCUT2D eigenvalue weighted by atomic mass is 9.79. The van der Waals surface area contributed by atoms with Gasteiger partial charge >= 0.3 is 5.97 Å². The number of nitrogens with zero attached hydrogens (tertiary/aromatic N) is 4. The second-order valence-corrected chi connectivity index (χ2v) is 9.73. The summed E-state index contributed by atoms with van der Waals surface area (Å²) in [6.07, 6.45) is 2.01. The van der Waals surface area contributed by atoms with Crippen molar-refractivity contribution in [3.8, 4) is 17.5 Å². The van der Waals surface area contributed by atoms with Crippen LogP contribution in [-0.2, 0) is 14.9 Å². The molecule has 3 aromatic heterocycles. The maximum atomic E-state index is 14.4. The average Bonchev–Trinajstić information content (AvgIpc) is 3.45. The van der Waals surface area contributed by atoms with Crippen molar-refractivity contribution in [2.24, 2.45) is 0 Å². The number of aromatic amines is 1. The van der Waals surface area contributed by atoms with Gasteiger partial charge in [-0.25, -0.2) is 14.2 Å². The fourth-order valence-corrected chi connectivity index (χ4v) is 5.16. The van der Waals surface area contributed by atoms with Crippen LogP contribution in [0.4, 0.5) is 4.39 Å². The highest BCUT2D eigenvalue weighted by atomic mass is 19.1. The first kappa shape index (κ1) is 23.8. The Morgan fingerprint density at radius 1 is 1.39 bits per heavy atom. The minimum atomic E-state index is -0.975. The molecule has 10 heteroatoms. The SMILES string of the molecule is COc1cc(-n2c(C(C)(C)CC#N)c([C@@H]3CC[C@@H](C(=O)O)OC3)c3nc4[nH]ncc4cc32)ccc1F. The van der Waals surface area contributed by atoms with Crippen molar-refractivity contribution in [2.75, 3.05) is 13.7 Å². The van der Waals surface area contributed by atoms with Gasteiger partial charge in [-0.3, -0.25) is 5.10 Å². The number of aliphatic carboxylic acids is 1. The fraction of sp³-hybridized carbons (Fsp3) is 0.385. The summed E-state index contributed by atoms with van der Waals surface area (Å²) < 4.78 is 27.4. The van der Waals surface area contributed by atoms with E-state index in [2.05, 4.69) is 16.3 Å². The summed E-state index contributed by atoms with van der Waals surface area (Å²) in [6, 6.07) is 8.92. The van der Waals surface area contributed by atoms with Gasteiger partial charge in [-0.05, 0) is 31.0 Å². The number of fused-ring (bicyclic) bond motifs is 2. The predicted octanol–water partition coefficient (Wildman–Crippen LogP) is 4.59. The highest BCUT2D eigenvalue weighted by Crippen LogP contribution is 2.45. The number of halogens is 1. The van der Waals surface area contributed by atoms with E-state index in [1.54, 1.807) is 18.3 Å². The molecule has 0 unspecified atom stereocenters. The van der Waals surface area contributed by atoms with Crippen molar-refractivity contribution in [3.63, 3.8) is 0 Å². The van der Waals surface area contributed by atoms with E-state index in [4.69, 9.17) is 14.5 Å². The smallest absolute Gasteiger partial charge is 0.332 e. The van der Waals surface area contributed by atoms with E-state index >= 15 is 0 Å². The molecule has 186 valence electrons. The molecule has 0 amide bonds. The predicted molar refractivity (Wildman–Crippen MR) is 130 cm³/mol. The zero-order valence-electron chi connectivity index (χ0n) is 20.2. The maximum Gasteiger partial charge on any atom is 0.332 e. The van der Waals surface area contributed by atoms with Crippen LogP contribution in [0, 0.1) is 17.1 Å². The van der Waals surface area contributed by atoms with Crippen LogP contribution in [0.15, 0.2) is 30.5 Å². The first-order valence-electron chi connectivity index (χ1n) is 11.7. The summed E-state index contributed by atoms with van der Waals surface area (Å²) in [5.74, 6) is -1.50. The summed E-state index contributed by atoms with van der Waals surface area (Å²) in [7, 11) is 1.41. The van der Waals surface area contributed by atoms with Crippen LogP contribution in [0.1, 0.15) is 50.3 Å². The molecule has 0 radical (unpaired) electrons. The third-order valence-electron chi connectivity index (χ3n) is 6.90. The van der Waals surface area contributed by atoms with Gasteiger partial charge in [0.2, 0.25) is 0 Å². The van der Waals surface area contributed by atoms with Crippen molar-refractivity contribution >= 4 is 28.0 Å². The maximum absolute atomic E-state index is 14.4. The van der Waals surface area contributed by atoms with E-state index in [1.807, 2.05) is 24.5 Å². The monoisotopic (exact) mass is 491 g/mol. The number of rotatable bonds is 6. The lowest BCUT2D eigenvalue weighted by molar-refractivity contribution is -0.153. The number of carbonyl (C=O) groups is 1. The molecule has 0 saturated carbocycles. The molecule has 4 aromatic rings. The Morgan fingerprint density at radius 3 is 2.86 bits per heavy atom. The molecule has 2 atom stereocenters. The highest BCUT2D eigenvalue weighted by molar-refractivity contribution is 5.94. The summed E-state index contributed by atoms with van der Waals surface area (Å²) in [5.41, 5.74) is 3.88. The quantitative estimate of drug-likeness (QED) is 0.404. The minimum Gasteiger partial charge on any atom is -0.494 e. The third kappa shape index (κ3) is 3.85. The topological polar surface area (TPSA) is 126 Å². The van der Waals surface area contributed by atoms with Crippen molar-refractivity contribution in [1.29, 1.82) is 5.26 Å². The lowest BCUT2D eigenvalue weighted by Crippen LogP contribution is -2.32. The molecule has 5 rings (SSSR count). The van der Waals surface area contributed by atoms with Gasteiger partial charge in [-0.2, -0.15) is 10.4 Å². The standard InChI is InChI=1S/C26H26FN5O4/c1-26(2,8-9-28)23-21(14-4-7-19(25(33)34)36-13-14)22-18(10-15-12-29-31-24(15)30-22)32(23)16-5-6-17(27)20(11-16)35-3/h5-6,10-12,14,19H,4,7-8,13H2,1-3H3,(H,33,34)(H,29,30,31)/t14-,19+/m1/s1. The number of carboxylic acid groups (broad SMARTS) is 1. The molecular weight excluding hydrogens is 465 g/mol. The van der Waals surface area contributed by atoms with Gasteiger partial charge in [0.15, 0.2) is 23.3 Å². The Morgan fingerprint density at radius 2 is 2.19 bits per heavy atom. The van der Waals surface area contributed by atoms with Gasteiger partial charge in [0.25, 0.3) is 0 Å². The molecule has 2 N–H and O–H groups in total. The van der Waals surface area contributed by atoms with Gasteiger partial charge < -0.3 is 19.1 Å². The van der Waals surface area contributed by atoms with Crippen LogP contribution in [0.25, 0.3) is 27.8 Å². The van der Waals surface area contributed by atoms with Gasteiger partial charge in [-0.15, -0.1) is 0 Å². The van der Waals surface area contributed by atoms with Crippen LogP contribution in [-0.4, -0.2) is 50.6 Å². The number of aromatic nitrogens is 4. The van der Waals surface area contributed by atoms with E-state index in [0.29, 0.717) is 29.7 Å². The molecule has 0 aliphatic carbocycles. The van der Waals surface area contributed by atoms with Crippen LogP contribution >= 0.6 is 0 Å². The minimum absolute atomic E-state index is 0.0996. The Hall–Kier alpha value is -3.97. The largest absolute Gasteiger partial charge is 0.494 e. The Bertz CT molecular complexity index is 1510. The van der Waals surface area contributed by atoms with E-state index < -0.39 is 23.3 Å². The summed E-state index contributed by atoms with van der Waals surface area (Å²) in [6.45, 7) is 4.19. The van der Waals surface area contributed by atoms with Gasteiger partial charge in [0, 0.05) is 46.2 Å². The number of H-pyrrole nitrogens is 1. The van der Waals surface area contributed by atoms with E-state index in [0.717, 1.165) is 22.2 Å². The highest BCUT2D eigenvalue weighted by Gasteiger charge is 2.38. The van der Waals surface area contributed by atoms with Crippen LogP contribution in [0.3, 0.4) is 0 Å². The molecule has 1 saturated heterocycles. The number of benzene rings is 1. The Balaban J connectivity index is 1.84. The molecular formula is C26H26FN5O4. The number of carboxylic acids is 1. The second kappa shape index (κ2) is 8.91. The fourth-order valence-electron chi connectivity index (χ4n) is 5.16. The van der Waals surface area contributed by atoms with E-state index in [9.17, 15) is 19.6 Å². The van der Waals surface area contributed by atoms with Gasteiger partial charge in [0.1, 0.15) is 0 Å². The number of ether oxygens (including phenoxy) is 2. The van der Waals surface area contributed by atoms with Crippen LogP contribution in [0.5, 0.6) is 5.75 Å². The molecule has 1 fully saturated rings. The van der Waals surface area contributed by atoms with Crippen molar-refractivity contribution < 1.29 is 23.8 Å². The summed E-state index contributed by atoms with van der Waals surface area (Å²) >= 11 is 0. The first-order valence-corrected chi connectivity index (χ1v) is 11.7. The summed E-state index contributed by atoms with van der Waals surface area (Å²) in [4.78, 5) is 16.4. The molecule has 36 heavy (non-hydrogen) atoms. The zero-order chi connectivity index (χ0) is 25.6. The molecule has 4 heterocycles. The second-order valence-electron chi connectivity index (χ2n) is 9.73. The number of hydrogen-bond acceptors (Lipinski definition) is 6. The average molecular weight is 492 g/mol. The Labute approximate surface area is 206 Å². The number of nitriles is 1. The molecule has 1 aliphatic rings. The molecule has 0 spiro atoms.